The van der Waals surface area contributed by atoms with Crippen LogP contribution < -0.4 is 4.90 Å². The van der Waals surface area contributed by atoms with E-state index < -0.39 is 0 Å². The molecule has 1 aliphatic rings. The van der Waals surface area contributed by atoms with Gasteiger partial charge in [0.05, 0.1) is 16.6 Å². The molecule has 8 heteroatoms. The van der Waals surface area contributed by atoms with Crippen LogP contribution in [0.15, 0.2) is 12.3 Å². The monoisotopic (exact) mass is 333 g/mol. The zero-order valence-electron chi connectivity index (χ0n) is 10.7. The van der Waals surface area contributed by atoms with E-state index in [1.807, 2.05) is 0 Å². The first-order valence-corrected chi connectivity index (χ1v) is 7.67. The second kappa shape index (κ2) is 5.61. The number of aromatic nitrogens is 3. The third-order valence-corrected chi connectivity index (χ3v) is 4.46. The Bertz CT molecular complexity index is 699. The summed E-state index contributed by atoms with van der Waals surface area (Å²) in [5.41, 5.74) is 0.609. The highest BCUT2D eigenvalue weighted by molar-refractivity contribution is 7.71. The van der Waals surface area contributed by atoms with Gasteiger partial charge in [-0.3, -0.25) is 4.40 Å². The molecule has 1 fully saturated rings. The van der Waals surface area contributed by atoms with E-state index in [0.717, 1.165) is 25.9 Å². The number of halogens is 2. The van der Waals surface area contributed by atoms with Gasteiger partial charge in [-0.1, -0.05) is 23.2 Å². The Balaban J connectivity index is 1.94. The molecule has 1 saturated heterocycles. The maximum Gasteiger partial charge on any atom is 0.207 e. The van der Waals surface area contributed by atoms with E-state index in [1.165, 1.54) is 4.90 Å². The summed E-state index contributed by atoms with van der Waals surface area (Å²) in [5, 5.41) is 15.2. The Labute approximate surface area is 131 Å². The quantitative estimate of drug-likeness (QED) is 0.811. The highest BCUT2D eigenvalue weighted by atomic mass is 35.5. The number of nitrogens with zero attached hydrogens (tertiary/aromatic N) is 3. The van der Waals surface area contributed by atoms with E-state index in [2.05, 4.69) is 5.10 Å². The first-order valence-electron chi connectivity index (χ1n) is 6.50. The molecule has 2 atom stereocenters. The molecule has 3 rings (SSSR count). The Hall–Kier alpha value is -0.660. The van der Waals surface area contributed by atoms with Gasteiger partial charge in [0.25, 0.3) is 0 Å². The molecule has 3 heterocycles. The lowest BCUT2D eigenvalue weighted by Gasteiger charge is -2.26. The number of fused-ring (bicyclic) bond motifs is 1. The second-order valence-corrected chi connectivity index (χ2v) is 6.35. The number of hydrogen-bond acceptors (Lipinski definition) is 3. The van der Waals surface area contributed by atoms with Gasteiger partial charge in [0.2, 0.25) is 4.77 Å². The van der Waals surface area contributed by atoms with Gasteiger partial charge in [-0.2, -0.15) is 4.68 Å². The van der Waals surface area contributed by atoms with E-state index in [4.69, 9.17) is 35.4 Å². The zero-order chi connectivity index (χ0) is 14.3. The zero-order valence-corrected chi connectivity index (χ0v) is 13.0. The standard InChI is InChI=1S/C12H14Cl2N4OS/c13-8-4-10(14)11-15-18(12(20)17(11)5-8)7-16-3-1-2-9(19)6-16/h4-5,9,19H,1-3,6-7H2/p+1/t9-/m1/s1. The van der Waals surface area contributed by atoms with Gasteiger partial charge in [0.15, 0.2) is 12.3 Å². The lowest BCUT2D eigenvalue weighted by Crippen LogP contribution is -3.13. The van der Waals surface area contributed by atoms with Gasteiger partial charge in [-0.05, 0) is 31.1 Å². The average Bonchev–Trinajstić information content (AvgIpc) is 2.68. The van der Waals surface area contributed by atoms with Crippen LogP contribution in [-0.2, 0) is 6.67 Å². The first-order chi connectivity index (χ1) is 9.54. The van der Waals surface area contributed by atoms with Crippen LogP contribution in [0.5, 0.6) is 0 Å². The maximum absolute atomic E-state index is 9.73. The molecule has 0 spiro atoms. The maximum atomic E-state index is 9.73. The number of aliphatic hydroxyl groups is 1. The lowest BCUT2D eigenvalue weighted by molar-refractivity contribution is -0.931. The first kappa shape index (κ1) is 14.3. The minimum absolute atomic E-state index is 0.233. The molecule has 2 N–H and O–H groups in total. The van der Waals surface area contributed by atoms with Gasteiger partial charge in [-0.15, -0.1) is 5.10 Å². The second-order valence-electron chi connectivity index (χ2n) is 5.14. The molecule has 0 amide bonds. The molecule has 2 aromatic rings. The summed E-state index contributed by atoms with van der Waals surface area (Å²) in [6.45, 7) is 2.37. The van der Waals surface area contributed by atoms with Crippen LogP contribution in [0.2, 0.25) is 10.0 Å². The molecule has 0 radical (unpaired) electrons. The van der Waals surface area contributed by atoms with Crippen molar-refractivity contribution in [2.75, 3.05) is 13.1 Å². The van der Waals surface area contributed by atoms with Crippen LogP contribution in [0.25, 0.3) is 5.65 Å². The predicted octanol–water partition coefficient (Wildman–Crippen LogP) is 1.17. The van der Waals surface area contributed by atoms with Crippen LogP contribution >= 0.6 is 35.4 Å². The molecule has 0 saturated carbocycles. The van der Waals surface area contributed by atoms with Gasteiger partial charge in [0.1, 0.15) is 12.6 Å². The number of rotatable bonds is 2. The van der Waals surface area contributed by atoms with Gasteiger partial charge >= 0.3 is 0 Å². The van der Waals surface area contributed by atoms with E-state index in [9.17, 15) is 5.11 Å². The fraction of sp³-hybridized carbons (Fsp3) is 0.500. The van der Waals surface area contributed by atoms with Crippen LogP contribution in [0.3, 0.4) is 0 Å². The molecule has 0 aliphatic carbocycles. The fourth-order valence-corrected chi connectivity index (χ4v) is 3.38. The lowest BCUT2D eigenvalue weighted by atomic mass is 10.1. The van der Waals surface area contributed by atoms with E-state index in [0.29, 0.717) is 27.1 Å². The van der Waals surface area contributed by atoms with Crippen molar-refractivity contribution < 1.29 is 10.0 Å². The summed E-state index contributed by atoms with van der Waals surface area (Å²) in [6.07, 6.45) is 3.38. The number of nitrogens with one attached hydrogen (secondary N) is 1. The van der Waals surface area contributed by atoms with E-state index in [-0.39, 0.29) is 6.10 Å². The fourth-order valence-electron chi connectivity index (χ4n) is 2.63. The summed E-state index contributed by atoms with van der Waals surface area (Å²) in [7, 11) is 0. The number of likely N-dealkylation sites (tertiary alicyclic amines) is 1. The summed E-state index contributed by atoms with van der Waals surface area (Å²) in [6, 6.07) is 1.65. The summed E-state index contributed by atoms with van der Waals surface area (Å²) in [4.78, 5) is 1.27. The minimum Gasteiger partial charge on any atom is -0.387 e. The molecule has 5 nitrogen and oxygen atoms in total. The smallest absolute Gasteiger partial charge is 0.207 e. The van der Waals surface area contributed by atoms with Crippen LogP contribution in [0.1, 0.15) is 12.8 Å². The summed E-state index contributed by atoms with van der Waals surface area (Å²) >= 11 is 17.5. The van der Waals surface area contributed by atoms with Crippen molar-refractivity contribution in [1.82, 2.24) is 14.2 Å². The van der Waals surface area contributed by atoms with Crippen molar-refractivity contribution in [2.45, 2.75) is 25.6 Å². The molecule has 20 heavy (non-hydrogen) atoms. The largest absolute Gasteiger partial charge is 0.387 e. The van der Waals surface area contributed by atoms with Crippen molar-refractivity contribution in [1.29, 1.82) is 0 Å². The topological polar surface area (TPSA) is 46.9 Å². The molecule has 0 bridgehead atoms. The molecule has 1 unspecified atom stereocenters. The van der Waals surface area contributed by atoms with Crippen molar-refractivity contribution >= 4 is 41.1 Å². The normalized spacial score (nSPS) is 23.4. The predicted molar refractivity (Wildman–Crippen MR) is 80.0 cm³/mol. The van der Waals surface area contributed by atoms with Crippen LogP contribution in [-0.4, -0.2) is 38.5 Å². The highest BCUT2D eigenvalue weighted by Crippen LogP contribution is 2.21. The van der Waals surface area contributed by atoms with Crippen LogP contribution in [0, 0.1) is 4.77 Å². The Morgan fingerprint density at radius 3 is 3.05 bits per heavy atom. The summed E-state index contributed by atoms with van der Waals surface area (Å²) in [5.74, 6) is 0. The Morgan fingerprint density at radius 2 is 2.30 bits per heavy atom. The Kier molecular flexibility index (Phi) is 4.01. The molecule has 108 valence electrons. The Morgan fingerprint density at radius 1 is 1.50 bits per heavy atom. The number of quaternary nitrogens is 1. The van der Waals surface area contributed by atoms with Crippen molar-refractivity contribution in [3.63, 3.8) is 0 Å². The van der Waals surface area contributed by atoms with Crippen molar-refractivity contribution in [3.05, 3.63) is 27.1 Å². The van der Waals surface area contributed by atoms with Crippen molar-refractivity contribution in [3.8, 4) is 0 Å². The average molecular weight is 334 g/mol. The summed E-state index contributed by atoms with van der Waals surface area (Å²) < 4.78 is 4.04. The number of piperidine rings is 1. The van der Waals surface area contributed by atoms with E-state index >= 15 is 0 Å². The third-order valence-electron chi connectivity index (χ3n) is 3.57. The van der Waals surface area contributed by atoms with Gasteiger partial charge < -0.3 is 10.0 Å². The molecule has 0 aromatic carbocycles. The number of hydrogen-bond donors (Lipinski definition) is 2. The number of pyridine rings is 1. The SMILES string of the molecule is O[C@@H]1CCC[NH+](Cn2nc3c(Cl)cc(Cl)cn3c2=S)C1. The molecule has 2 aromatic heterocycles. The van der Waals surface area contributed by atoms with Gasteiger partial charge in [-0.25, -0.2) is 0 Å². The molecule has 1 aliphatic heterocycles. The number of aliphatic hydroxyl groups excluding tert-OH is 1. The molecular formula is C12H15Cl2N4OS+. The van der Waals surface area contributed by atoms with Gasteiger partial charge in [0, 0.05) is 6.20 Å². The molecular weight excluding hydrogens is 319 g/mol. The van der Waals surface area contributed by atoms with Crippen molar-refractivity contribution in [2.24, 2.45) is 0 Å². The third kappa shape index (κ3) is 2.71. The minimum atomic E-state index is -0.233. The van der Waals surface area contributed by atoms with E-state index in [1.54, 1.807) is 21.3 Å². The van der Waals surface area contributed by atoms with Crippen LogP contribution in [0.4, 0.5) is 0 Å². The highest BCUT2D eigenvalue weighted by Gasteiger charge is 2.22.